The van der Waals surface area contributed by atoms with Gasteiger partial charge in [-0.1, -0.05) is 0 Å². The van der Waals surface area contributed by atoms with Crippen LogP contribution < -0.4 is 10.9 Å². The highest BCUT2D eigenvalue weighted by atomic mass is 35.5. The van der Waals surface area contributed by atoms with Crippen LogP contribution in [0.15, 0.2) is 17.1 Å². The number of nitrogens with one attached hydrogen (secondary N) is 2. The van der Waals surface area contributed by atoms with Crippen LogP contribution in [0.5, 0.6) is 0 Å². The van der Waals surface area contributed by atoms with Gasteiger partial charge in [0.05, 0.1) is 6.04 Å². The molecule has 1 aromatic rings. The summed E-state index contributed by atoms with van der Waals surface area (Å²) in [6.07, 6.45) is 3.77. The van der Waals surface area contributed by atoms with Gasteiger partial charge in [0.1, 0.15) is 5.82 Å². The van der Waals surface area contributed by atoms with Crippen molar-refractivity contribution in [3.05, 3.63) is 28.4 Å². The molecule has 1 aromatic heterocycles. The maximum absolute atomic E-state index is 10.9. The van der Waals surface area contributed by atoms with Gasteiger partial charge < -0.3 is 10.3 Å². The molecular formula is C8H13Cl2N3O. The second-order valence-corrected chi connectivity index (χ2v) is 2.97. The van der Waals surface area contributed by atoms with E-state index in [2.05, 4.69) is 15.3 Å². The van der Waals surface area contributed by atoms with Crippen molar-refractivity contribution in [3.63, 3.8) is 0 Å². The molecule has 0 bridgehead atoms. The maximum atomic E-state index is 10.9. The molecule has 0 saturated carbocycles. The van der Waals surface area contributed by atoms with E-state index in [1.54, 1.807) is 6.20 Å². The van der Waals surface area contributed by atoms with Gasteiger partial charge in [0.15, 0.2) is 0 Å². The van der Waals surface area contributed by atoms with Crippen molar-refractivity contribution in [1.29, 1.82) is 0 Å². The lowest BCUT2D eigenvalue weighted by molar-refractivity contribution is 0.602. The Morgan fingerprint density at radius 2 is 2.21 bits per heavy atom. The van der Waals surface area contributed by atoms with Crippen molar-refractivity contribution in [3.8, 4) is 0 Å². The number of hydrogen-bond donors (Lipinski definition) is 2. The van der Waals surface area contributed by atoms with E-state index in [0.29, 0.717) is 0 Å². The summed E-state index contributed by atoms with van der Waals surface area (Å²) in [5.41, 5.74) is -0.0753. The van der Waals surface area contributed by atoms with E-state index < -0.39 is 0 Å². The SMILES string of the molecule is Cl.Cl.O=c1ccnc(C2CCCN2)[nH]1. The van der Waals surface area contributed by atoms with Crippen molar-refractivity contribution in [1.82, 2.24) is 15.3 Å². The zero-order valence-electron chi connectivity index (χ0n) is 7.53. The van der Waals surface area contributed by atoms with E-state index >= 15 is 0 Å². The molecule has 0 aliphatic carbocycles. The highest BCUT2D eigenvalue weighted by Crippen LogP contribution is 2.17. The fourth-order valence-electron chi connectivity index (χ4n) is 1.48. The Balaban J connectivity index is 0.000000845. The molecule has 0 aromatic carbocycles. The summed E-state index contributed by atoms with van der Waals surface area (Å²) in [6, 6.07) is 1.68. The minimum absolute atomic E-state index is 0. The lowest BCUT2D eigenvalue weighted by Gasteiger charge is -2.07. The highest BCUT2D eigenvalue weighted by Gasteiger charge is 2.17. The Bertz CT molecular complexity index is 322. The van der Waals surface area contributed by atoms with Crippen LogP contribution >= 0.6 is 24.8 Å². The quantitative estimate of drug-likeness (QED) is 0.768. The summed E-state index contributed by atoms with van der Waals surface area (Å²) in [6.45, 7) is 1.02. The second-order valence-electron chi connectivity index (χ2n) is 2.97. The molecule has 2 rings (SSSR count). The highest BCUT2D eigenvalue weighted by molar-refractivity contribution is 5.85. The molecule has 1 saturated heterocycles. The van der Waals surface area contributed by atoms with Gasteiger partial charge in [0.2, 0.25) is 0 Å². The molecule has 2 heterocycles. The van der Waals surface area contributed by atoms with Crippen molar-refractivity contribution in [2.24, 2.45) is 0 Å². The van der Waals surface area contributed by atoms with Gasteiger partial charge in [0, 0.05) is 12.3 Å². The van der Waals surface area contributed by atoms with Gasteiger partial charge in [-0.05, 0) is 19.4 Å². The molecule has 80 valence electrons. The number of H-pyrrole nitrogens is 1. The van der Waals surface area contributed by atoms with Gasteiger partial charge >= 0.3 is 0 Å². The third kappa shape index (κ3) is 2.97. The van der Waals surface area contributed by atoms with E-state index in [4.69, 9.17) is 0 Å². The molecule has 1 aliphatic heterocycles. The predicted molar refractivity (Wildman–Crippen MR) is 59.3 cm³/mol. The molecule has 1 atom stereocenters. The first-order valence-electron chi connectivity index (χ1n) is 4.15. The maximum Gasteiger partial charge on any atom is 0.250 e. The van der Waals surface area contributed by atoms with Gasteiger partial charge in [-0.15, -0.1) is 24.8 Å². The first kappa shape index (κ1) is 13.4. The summed E-state index contributed by atoms with van der Waals surface area (Å²) in [5, 5.41) is 3.27. The smallest absolute Gasteiger partial charge is 0.250 e. The summed E-state index contributed by atoms with van der Waals surface area (Å²) in [7, 11) is 0. The summed E-state index contributed by atoms with van der Waals surface area (Å²) in [4.78, 5) is 17.7. The molecule has 0 radical (unpaired) electrons. The molecular weight excluding hydrogens is 225 g/mol. The Labute approximate surface area is 94.3 Å². The number of halogens is 2. The molecule has 4 nitrogen and oxygen atoms in total. The van der Waals surface area contributed by atoms with Crippen LogP contribution in [0.25, 0.3) is 0 Å². The summed E-state index contributed by atoms with van der Waals surface area (Å²) < 4.78 is 0. The largest absolute Gasteiger partial charge is 0.309 e. The van der Waals surface area contributed by atoms with E-state index in [1.807, 2.05) is 0 Å². The molecule has 1 unspecified atom stereocenters. The van der Waals surface area contributed by atoms with Crippen LogP contribution in [0.4, 0.5) is 0 Å². The van der Waals surface area contributed by atoms with Gasteiger partial charge in [-0.2, -0.15) is 0 Å². The monoisotopic (exact) mass is 237 g/mol. The lowest BCUT2D eigenvalue weighted by Crippen LogP contribution is -2.19. The molecule has 0 spiro atoms. The van der Waals surface area contributed by atoms with Crippen molar-refractivity contribution < 1.29 is 0 Å². The fraction of sp³-hybridized carbons (Fsp3) is 0.500. The molecule has 14 heavy (non-hydrogen) atoms. The van der Waals surface area contributed by atoms with Crippen LogP contribution in [0, 0.1) is 0 Å². The Kier molecular flexibility index (Phi) is 5.76. The minimum atomic E-state index is -0.0753. The second kappa shape index (κ2) is 6.01. The van der Waals surface area contributed by atoms with E-state index in [1.165, 1.54) is 6.07 Å². The Morgan fingerprint density at radius 1 is 1.43 bits per heavy atom. The van der Waals surface area contributed by atoms with E-state index in [0.717, 1.165) is 25.2 Å². The lowest BCUT2D eigenvalue weighted by atomic mass is 10.2. The third-order valence-electron chi connectivity index (χ3n) is 2.08. The number of rotatable bonds is 1. The van der Waals surface area contributed by atoms with Crippen molar-refractivity contribution in [2.45, 2.75) is 18.9 Å². The van der Waals surface area contributed by atoms with Crippen LogP contribution in [0.3, 0.4) is 0 Å². The fourth-order valence-corrected chi connectivity index (χ4v) is 1.48. The standard InChI is InChI=1S/C8H11N3O.2ClH/c12-7-3-5-10-8(11-7)6-2-1-4-9-6;;/h3,5-6,9H,1-2,4H2,(H,10,11,12);2*1H. The average molecular weight is 238 g/mol. The minimum Gasteiger partial charge on any atom is -0.309 e. The molecule has 1 fully saturated rings. The first-order chi connectivity index (χ1) is 5.86. The predicted octanol–water partition coefficient (Wildman–Crippen LogP) is 1.04. The molecule has 2 N–H and O–H groups in total. The topological polar surface area (TPSA) is 57.8 Å². The zero-order valence-corrected chi connectivity index (χ0v) is 9.16. The van der Waals surface area contributed by atoms with Gasteiger partial charge in [-0.25, -0.2) is 4.98 Å². The van der Waals surface area contributed by atoms with Gasteiger partial charge in [-0.3, -0.25) is 4.79 Å². The Morgan fingerprint density at radius 3 is 2.79 bits per heavy atom. The number of aromatic nitrogens is 2. The van der Waals surface area contributed by atoms with Crippen LogP contribution in [0.2, 0.25) is 0 Å². The van der Waals surface area contributed by atoms with E-state index in [-0.39, 0.29) is 36.4 Å². The molecule has 1 aliphatic rings. The number of nitrogens with zero attached hydrogens (tertiary/aromatic N) is 1. The van der Waals surface area contributed by atoms with Crippen molar-refractivity contribution in [2.75, 3.05) is 6.54 Å². The summed E-state index contributed by atoms with van der Waals surface area (Å²) >= 11 is 0. The number of hydrogen-bond acceptors (Lipinski definition) is 3. The third-order valence-corrected chi connectivity index (χ3v) is 2.08. The van der Waals surface area contributed by atoms with Crippen molar-refractivity contribution >= 4 is 24.8 Å². The normalized spacial score (nSPS) is 19.6. The summed E-state index contributed by atoms with van der Waals surface area (Å²) in [5.74, 6) is 0.764. The van der Waals surface area contributed by atoms with E-state index in [9.17, 15) is 4.79 Å². The average Bonchev–Trinajstić information content (AvgIpc) is 2.56. The molecule has 0 amide bonds. The Hall–Kier alpha value is -0.580. The first-order valence-corrected chi connectivity index (χ1v) is 4.15. The van der Waals surface area contributed by atoms with Crippen LogP contribution in [0.1, 0.15) is 24.7 Å². The van der Waals surface area contributed by atoms with Crippen LogP contribution in [-0.4, -0.2) is 16.5 Å². The van der Waals surface area contributed by atoms with Gasteiger partial charge in [0.25, 0.3) is 5.56 Å². The van der Waals surface area contributed by atoms with Crippen LogP contribution in [-0.2, 0) is 0 Å². The molecule has 6 heteroatoms. The number of aromatic amines is 1. The zero-order chi connectivity index (χ0) is 8.39.